The second kappa shape index (κ2) is 2.85. The van der Waals surface area contributed by atoms with Gasteiger partial charge >= 0.3 is 0 Å². The summed E-state index contributed by atoms with van der Waals surface area (Å²) in [5.41, 5.74) is 0.459. The van der Waals surface area contributed by atoms with Crippen LogP contribution in [0.5, 0.6) is 0 Å². The van der Waals surface area contributed by atoms with Gasteiger partial charge in [0.2, 0.25) is 0 Å². The molecule has 0 bridgehead atoms. The first-order valence-electron chi connectivity index (χ1n) is 4.23. The molecular formula is C8H14INO. The SMILES string of the molecule is CC(I)N1CCCC12COC2. The highest BCUT2D eigenvalue weighted by molar-refractivity contribution is 14.1. The van der Waals surface area contributed by atoms with Crippen LogP contribution in [0.2, 0.25) is 0 Å². The molecule has 0 aromatic carbocycles. The first kappa shape index (κ1) is 8.26. The summed E-state index contributed by atoms with van der Waals surface area (Å²) in [6.07, 6.45) is 2.71. The fourth-order valence-electron chi connectivity index (χ4n) is 2.16. The van der Waals surface area contributed by atoms with Gasteiger partial charge < -0.3 is 4.74 Å². The third kappa shape index (κ3) is 1.21. The zero-order valence-electron chi connectivity index (χ0n) is 6.85. The molecule has 2 aliphatic heterocycles. The smallest absolute Gasteiger partial charge is 0.0687 e. The average molecular weight is 267 g/mol. The van der Waals surface area contributed by atoms with E-state index in [-0.39, 0.29) is 0 Å². The molecule has 64 valence electrons. The molecule has 2 aliphatic rings. The number of halogens is 1. The first-order chi connectivity index (χ1) is 5.25. The van der Waals surface area contributed by atoms with Crippen molar-refractivity contribution in [2.75, 3.05) is 19.8 Å². The first-order valence-corrected chi connectivity index (χ1v) is 5.48. The predicted molar refractivity (Wildman–Crippen MR) is 53.0 cm³/mol. The Labute approximate surface area is 81.4 Å². The van der Waals surface area contributed by atoms with E-state index in [1.165, 1.54) is 19.4 Å². The van der Waals surface area contributed by atoms with Crippen molar-refractivity contribution < 1.29 is 4.74 Å². The van der Waals surface area contributed by atoms with Crippen LogP contribution in [0.3, 0.4) is 0 Å². The van der Waals surface area contributed by atoms with Crippen LogP contribution in [0.25, 0.3) is 0 Å². The van der Waals surface area contributed by atoms with Crippen molar-refractivity contribution in [2.24, 2.45) is 0 Å². The van der Waals surface area contributed by atoms with Gasteiger partial charge in [0.05, 0.1) is 22.8 Å². The van der Waals surface area contributed by atoms with Crippen LogP contribution in [0.4, 0.5) is 0 Å². The van der Waals surface area contributed by atoms with Crippen molar-refractivity contribution in [3.63, 3.8) is 0 Å². The molecule has 1 atom stereocenters. The lowest BCUT2D eigenvalue weighted by Gasteiger charge is -2.46. The number of alkyl halides is 1. The lowest BCUT2D eigenvalue weighted by Crippen LogP contribution is -2.60. The molecule has 0 amide bonds. The highest BCUT2D eigenvalue weighted by atomic mass is 127. The van der Waals surface area contributed by atoms with E-state index in [2.05, 4.69) is 34.4 Å². The molecule has 2 rings (SSSR count). The zero-order valence-corrected chi connectivity index (χ0v) is 9.00. The number of hydrogen-bond acceptors (Lipinski definition) is 2. The van der Waals surface area contributed by atoms with Crippen LogP contribution < -0.4 is 0 Å². The Bertz CT molecular complexity index is 156. The molecule has 3 heteroatoms. The molecule has 0 N–H and O–H groups in total. The van der Waals surface area contributed by atoms with E-state index in [9.17, 15) is 0 Å². The van der Waals surface area contributed by atoms with Crippen LogP contribution in [0.15, 0.2) is 0 Å². The quantitative estimate of drug-likeness (QED) is 0.407. The lowest BCUT2D eigenvalue weighted by atomic mass is 9.94. The monoisotopic (exact) mass is 267 g/mol. The number of rotatable bonds is 1. The molecule has 0 saturated carbocycles. The van der Waals surface area contributed by atoms with Crippen molar-refractivity contribution in [3.8, 4) is 0 Å². The molecule has 0 aromatic rings. The van der Waals surface area contributed by atoms with Crippen molar-refractivity contribution in [1.29, 1.82) is 0 Å². The summed E-state index contributed by atoms with van der Waals surface area (Å²) in [6.45, 7) is 5.49. The Kier molecular flexibility index (Phi) is 2.14. The highest BCUT2D eigenvalue weighted by Gasteiger charge is 2.48. The van der Waals surface area contributed by atoms with E-state index in [1.54, 1.807) is 0 Å². The van der Waals surface area contributed by atoms with E-state index in [0.29, 0.717) is 9.59 Å². The number of nitrogens with zero attached hydrogens (tertiary/aromatic N) is 1. The van der Waals surface area contributed by atoms with Gasteiger partial charge in [-0.15, -0.1) is 0 Å². The molecule has 2 fully saturated rings. The lowest BCUT2D eigenvalue weighted by molar-refractivity contribution is -0.123. The minimum atomic E-state index is 0.459. The molecule has 0 radical (unpaired) electrons. The summed E-state index contributed by atoms with van der Waals surface area (Å²) >= 11 is 2.50. The Balaban J connectivity index is 2.07. The second-order valence-electron chi connectivity index (χ2n) is 3.59. The third-order valence-electron chi connectivity index (χ3n) is 2.82. The minimum Gasteiger partial charge on any atom is -0.377 e. The van der Waals surface area contributed by atoms with E-state index >= 15 is 0 Å². The fourth-order valence-corrected chi connectivity index (χ4v) is 3.03. The summed E-state index contributed by atoms with van der Waals surface area (Å²) in [5, 5.41) is 0. The molecule has 0 aliphatic carbocycles. The molecular weight excluding hydrogens is 253 g/mol. The number of likely N-dealkylation sites (tertiary alicyclic amines) is 1. The molecule has 1 unspecified atom stereocenters. The van der Waals surface area contributed by atoms with Gasteiger partial charge in [0.1, 0.15) is 0 Å². The van der Waals surface area contributed by atoms with Crippen molar-refractivity contribution in [3.05, 3.63) is 0 Å². The molecule has 2 heterocycles. The Morgan fingerprint density at radius 3 is 2.64 bits per heavy atom. The predicted octanol–water partition coefficient (Wildman–Crippen LogP) is 1.63. The summed E-state index contributed by atoms with van der Waals surface area (Å²) in [7, 11) is 0. The Morgan fingerprint density at radius 2 is 2.27 bits per heavy atom. The largest absolute Gasteiger partial charge is 0.377 e. The van der Waals surface area contributed by atoms with Gasteiger partial charge in [0.15, 0.2) is 0 Å². The summed E-state index contributed by atoms with van der Waals surface area (Å²) in [6, 6.07) is 0. The van der Waals surface area contributed by atoms with Crippen molar-refractivity contribution in [1.82, 2.24) is 4.90 Å². The van der Waals surface area contributed by atoms with Gasteiger partial charge in [0.25, 0.3) is 0 Å². The maximum absolute atomic E-state index is 5.30. The zero-order chi connectivity index (χ0) is 7.90. The van der Waals surface area contributed by atoms with E-state index in [4.69, 9.17) is 4.74 Å². The van der Waals surface area contributed by atoms with E-state index in [1.807, 2.05) is 0 Å². The number of hydrogen-bond donors (Lipinski definition) is 0. The fraction of sp³-hybridized carbons (Fsp3) is 1.00. The van der Waals surface area contributed by atoms with Crippen molar-refractivity contribution in [2.45, 2.75) is 29.4 Å². The highest BCUT2D eigenvalue weighted by Crippen LogP contribution is 2.38. The van der Waals surface area contributed by atoms with E-state index < -0.39 is 0 Å². The molecule has 11 heavy (non-hydrogen) atoms. The molecule has 2 nitrogen and oxygen atoms in total. The van der Waals surface area contributed by atoms with Crippen LogP contribution in [-0.2, 0) is 4.74 Å². The summed E-state index contributed by atoms with van der Waals surface area (Å²) < 4.78 is 5.96. The van der Waals surface area contributed by atoms with Crippen molar-refractivity contribution >= 4 is 22.6 Å². The standard InChI is InChI=1S/C8H14INO/c1-7(9)10-4-2-3-8(10)5-11-6-8/h7H,2-6H2,1H3. The van der Waals surface area contributed by atoms with Gasteiger partial charge in [-0.05, 0) is 26.3 Å². The Hall–Kier alpha value is 0.650. The number of ether oxygens (including phenoxy) is 1. The summed E-state index contributed by atoms with van der Waals surface area (Å²) in [5.74, 6) is 0. The van der Waals surface area contributed by atoms with E-state index in [0.717, 1.165) is 13.2 Å². The van der Waals surface area contributed by atoms with Gasteiger partial charge in [-0.1, -0.05) is 22.6 Å². The van der Waals surface area contributed by atoms with Gasteiger partial charge in [-0.2, -0.15) is 0 Å². The van der Waals surface area contributed by atoms with Gasteiger partial charge in [0, 0.05) is 0 Å². The second-order valence-corrected chi connectivity index (χ2v) is 5.39. The maximum atomic E-state index is 5.30. The minimum absolute atomic E-state index is 0.459. The molecule has 1 spiro atoms. The normalized spacial score (nSPS) is 32.2. The van der Waals surface area contributed by atoms with Crippen LogP contribution >= 0.6 is 22.6 Å². The van der Waals surface area contributed by atoms with Crippen LogP contribution in [0.1, 0.15) is 19.8 Å². The van der Waals surface area contributed by atoms with Gasteiger partial charge in [-0.25, -0.2) is 0 Å². The third-order valence-corrected chi connectivity index (χ3v) is 3.49. The Morgan fingerprint density at radius 1 is 1.55 bits per heavy atom. The average Bonchev–Trinajstić information content (AvgIpc) is 2.27. The topological polar surface area (TPSA) is 12.5 Å². The molecule has 0 aromatic heterocycles. The van der Waals surface area contributed by atoms with Crippen LogP contribution in [-0.4, -0.2) is 34.2 Å². The molecule has 2 saturated heterocycles. The van der Waals surface area contributed by atoms with Crippen LogP contribution in [0, 0.1) is 0 Å². The van der Waals surface area contributed by atoms with Gasteiger partial charge in [-0.3, -0.25) is 4.90 Å². The maximum Gasteiger partial charge on any atom is 0.0687 e. The summed E-state index contributed by atoms with van der Waals surface area (Å²) in [4.78, 5) is 2.59.